The van der Waals surface area contributed by atoms with Gasteiger partial charge in [0.2, 0.25) is 11.8 Å². The molecule has 0 spiro atoms. The zero-order valence-electron chi connectivity index (χ0n) is 22.9. The number of hydrogen-bond acceptors (Lipinski definition) is 10. The highest BCUT2D eigenvalue weighted by Crippen LogP contribution is 2.23. The molecule has 0 aromatic carbocycles. The van der Waals surface area contributed by atoms with Crippen molar-refractivity contribution < 1.29 is 23.5 Å². The van der Waals surface area contributed by atoms with E-state index >= 15 is 0 Å². The van der Waals surface area contributed by atoms with E-state index in [1.165, 1.54) is 30.5 Å². The first kappa shape index (κ1) is 29.7. The van der Waals surface area contributed by atoms with Gasteiger partial charge in [-0.3, -0.25) is 10.6 Å². The number of alkyl halides is 1. The Morgan fingerprint density at radius 1 is 1.18 bits per heavy atom. The highest BCUT2D eigenvalue weighted by Gasteiger charge is 2.35. The molecule has 0 saturated carbocycles. The van der Waals surface area contributed by atoms with Crippen molar-refractivity contribution in [2.45, 2.75) is 57.8 Å². The molecule has 14 heteroatoms. The first-order valence-electron chi connectivity index (χ1n) is 13.2. The number of nitrogens with one attached hydrogen (secondary N) is 3. The maximum absolute atomic E-state index is 14.9. The van der Waals surface area contributed by atoms with Crippen LogP contribution >= 0.6 is 0 Å². The van der Waals surface area contributed by atoms with Gasteiger partial charge in [0.25, 0.3) is 0 Å². The first-order chi connectivity index (χ1) is 18.8. The van der Waals surface area contributed by atoms with Crippen molar-refractivity contribution in [3.63, 3.8) is 0 Å². The van der Waals surface area contributed by atoms with E-state index < -0.39 is 24.3 Å². The molecule has 3 heterocycles. The van der Waals surface area contributed by atoms with Gasteiger partial charge in [0.1, 0.15) is 18.1 Å². The Hall–Kier alpha value is -3.81. The molecule has 39 heavy (non-hydrogen) atoms. The fourth-order valence-corrected chi connectivity index (χ4v) is 4.15. The minimum atomic E-state index is -1.24. The Kier molecular flexibility index (Phi) is 11.4. The highest BCUT2D eigenvalue weighted by molar-refractivity contribution is 5.88. The lowest BCUT2D eigenvalue weighted by atomic mass is 10.0. The lowest BCUT2D eigenvalue weighted by Crippen LogP contribution is -2.55. The molecule has 3 atom stereocenters. The Labute approximate surface area is 227 Å². The number of hydrogen-bond donors (Lipinski definition) is 3. The number of carbonyl (C=O) groups excluding carboxylic acids is 2. The second-order valence-corrected chi connectivity index (χ2v) is 9.11. The standard InChI is InChI=1S/C25H38FN9O4/c1-5-7-17(8-11-27-3)39-25(37)33-20-9-12-28-23(31-20)35-13-10-18(26)19(16-35)34(4)24(36)32-21-14-30-22(15-29-21)38-6-2/h9,12,14-15,17-19,27H,5-8,10-11,13,16H2,1-4H3,(H,29,32,36)(H,28,31,33,37). The molecule has 214 valence electrons. The predicted molar refractivity (Wildman–Crippen MR) is 145 cm³/mol. The number of anilines is 3. The second kappa shape index (κ2) is 15.0. The number of halogens is 1. The lowest BCUT2D eigenvalue weighted by Gasteiger charge is -2.39. The topological polar surface area (TPSA) is 147 Å². The summed E-state index contributed by atoms with van der Waals surface area (Å²) >= 11 is 0. The van der Waals surface area contributed by atoms with Crippen molar-refractivity contribution in [3.05, 3.63) is 24.7 Å². The molecule has 0 bridgehead atoms. The summed E-state index contributed by atoms with van der Waals surface area (Å²) in [6, 6.07) is 0.271. The maximum Gasteiger partial charge on any atom is 0.413 e. The van der Waals surface area contributed by atoms with Gasteiger partial charge in [-0.05, 0) is 45.8 Å². The van der Waals surface area contributed by atoms with Crippen LogP contribution in [0.1, 0.15) is 39.5 Å². The van der Waals surface area contributed by atoms with Crippen molar-refractivity contribution in [1.82, 2.24) is 30.2 Å². The van der Waals surface area contributed by atoms with Crippen molar-refractivity contribution in [1.29, 1.82) is 0 Å². The van der Waals surface area contributed by atoms with Crippen LogP contribution in [0.5, 0.6) is 5.88 Å². The SMILES string of the molecule is CCCC(CCNC)OC(=O)Nc1ccnc(N2CCC(F)C(N(C)C(=O)Nc3cnc(OCC)cn3)C2)n1. The number of ether oxygens (including phenoxy) is 2. The molecule has 13 nitrogen and oxygen atoms in total. The second-order valence-electron chi connectivity index (χ2n) is 9.11. The minimum absolute atomic E-state index is 0.163. The number of carbonyl (C=O) groups is 2. The molecule has 2 aromatic rings. The van der Waals surface area contributed by atoms with Crippen LogP contribution in [-0.2, 0) is 4.74 Å². The van der Waals surface area contributed by atoms with E-state index in [-0.39, 0.29) is 30.7 Å². The largest absolute Gasteiger partial charge is 0.477 e. The number of amides is 3. The van der Waals surface area contributed by atoms with Gasteiger partial charge in [-0.15, -0.1) is 0 Å². The summed E-state index contributed by atoms with van der Waals surface area (Å²) in [5, 5.41) is 8.34. The first-order valence-corrected chi connectivity index (χ1v) is 13.2. The van der Waals surface area contributed by atoms with Crippen LogP contribution in [0.25, 0.3) is 0 Å². The fourth-order valence-electron chi connectivity index (χ4n) is 4.15. The molecular formula is C25H38FN9O4. The number of likely N-dealkylation sites (N-methyl/N-ethyl adjacent to an activating group) is 1. The van der Waals surface area contributed by atoms with Gasteiger partial charge in [-0.2, -0.15) is 4.98 Å². The quantitative estimate of drug-likeness (QED) is 0.362. The third-order valence-corrected chi connectivity index (χ3v) is 6.23. The number of nitrogens with zero attached hydrogens (tertiary/aromatic N) is 6. The van der Waals surface area contributed by atoms with E-state index in [9.17, 15) is 14.0 Å². The molecular weight excluding hydrogens is 509 g/mol. The van der Waals surface area contributed by atoms with E-state index in [1.807, 2.05) is 20.9 Å². The monoisotopic (exact) mass is 547 g/mol. The predicted octanol–water partition coefficient (Wildman–Crippen LogP) is 3.07. The van der Waals surface area contributed by atoms with Crippen LogP contribution in [0.2, 0.25) is 0 Å². The van der Waals surface area contributed by atoms with Crippen LogP contribution < -0.4 is 25.6 Å². The van der Waals surface area contributed by atoms with Crippen LogP contribution in [0, 0.1) is 0 Å². The summed E-state index contributed by atoms with van der Waals surface area (Å²) in [5.41, 5.74) is 0. The molecule has 1 saturated heterocycles. The van der Waals surface area contributed by atoms with Gasteiger partial charge in [0, 0.05) is 26.3 Å². The van der Waals surface area contributed by atoms with Crippen LogP contribution in [0.3, 0.4) is 0 Å². The molecule has 0 aliphatic carbocycles. The minimum Gasteiger partial charge on any atom is -0.477 e. The van der Waals surface area contributed by atoms with E-state index in [0.717, 1.165) is 19.4 Å². The van der Waals surface area contributed by atoms with E-state index in [0.29, 0.717) is 31.4 Å². The van der Waals surface area contributed by atoms with E-state index in [4.69, 9.17) is 9.47 Å². The normalized spacial score (nSPS) is 17.7. The van der Waals surface area contributed by atoms with Gasteiger partial charge < -0.3 is 24.6 Å². The summed E-state index contributed by atoms with van der Waals surface area (Å²) in [6.07, 6.45) is 4.79. The molecule has 3 N–H and O–H groups in total. The molecule has 1 aliphatic heterocycles. The Balaban J connectivity index is 1.60. The Morgan fingerprint density at radius 3 is 2.69 bits per heavy atom. The van der Waals surface area contributed by atoms with Crippen molar-refractivity contribution >= 4 is 29.7 Å². The average Bonchev–Trinajstić information content (AvgIpc) is 2.93. The van der Waals surface area contributed by atoms with Gasteiger partial charge >= 0.3 is 12.1 Å². The van der Waals surface area contributed by atoms with Gasteiger partial charge in [0.15, 0.2) is 5.82 Å². The third-order valence-electron chi connectivity index (χ3n) is 6.23. The molecule has 1 aliphatic rings. The maximum atomic E-state index is 14.9. The highest BCUT2D eigenvalue weighted by atomic mass is 19.1. The van der Waals surface area contributed by atoms with Gasteiger partial charge in [-0.1, -0.05) is 13.3 Å². The summed E-state index contributed by atoms with van der Waals surface area (Å²) in [6.45, 7) is 5.57. The van der Waals surface area contributed by atoms with Crippen LogP contribution in [0.15, 0.2) is 24.7 Å². The molecule has 2 aromatic heterocycles. The van der Waals surface area contributed by atoms with E-state index in [1.54, 1.807) is 11.0 Å². The van der Waals surface area contributed by atoms with Crippen LogP contribution in [-0.4, -0.2) is 95.6 Å². The van der Waals surface area contributed by atoms with Crippen molar-refractivity contribution in [3.8, 4) is 5.88 Å². The fraction of sp³-hybridized carbons (Fsp3) is 0.600. The molecule has 3 rings (SSSR count). The number of urea groups is 1. The third kappa shape index (κ3) is 8.87. The lowest BCUT2D eigenvalue weighted by molar-refractivity contribution is 0.0995. The average molecular weight is 548 g/mol. The molecule has 0 radical (unpaired) electrons. The zero-order valence-corrected chi connectivity index (χ0v) is 22.9. The van der Waals surface area contributed by atoms with Gasteiger partial charge in [0.05, 0.1) is 25.0 Å². The number of aromatic nitrogens is 4. The molecule has 1 fully saturated rings. The smallest absolute Gasteiger partial charge is 0.413 e. The summed E-state index contributed by atoms with van der Waals surface area (Å²) in [7, 11) is 3.37. The van der Waals surface area contributed by atoms with Crippen molar-refractivity contribution in [2.24, 2.45) is 0 Å². The molecule has 3 amide bonds. The summed E-state index contributed by atoms with van der Waals surface area (Å²) < 4.78 is 25.7. The number of piperidine rings is 1. The zero-order chi connectivity index (χ0) is 28.2. The summed E-state index contributed by atoms with van der Waals surface area (Å²) in [5.74, 6) is 1.15. The van der Waals surface area contributed by atoms with Crippen LogP contribution in [0.4, 0.5) is 31.6 Å². The number of rotatable bonds is 12. The van der Waals surface area contributed by atoms with Crippen molar-refractivity contribution in [2.75, 3.05) is 55.9 Å². The molecule has 3 unspecified atom stereocenters. The summed E-state index contributed by atoms with van der Waals surface area (Å²) in [4.78, 5) is 45.3. The Bertz CT molecular complexity index is 1060. The Morgan fingerprint density at radius 2 is 2.00 bits per heavy atom. The van der Waals surface area contributed by atoms with E-state index in [2.05, 4.69) is 35.9 Å². The van der Waals surface area contributed by atoms with Gasteiger partial charge in [-0.25, -0.2) is 28.9 Å².